The monoisotopic (exact) mass is 589 g/mol. The van der Waals surface area contributed by atoms with E-state index in [0.717, 1.165) is 57.8 Å². The van der Waals surface area contributed by atoms with Crippen LogP contribution in [0.3, 0.4) is 0 Å². The third-order valence-corrected chi connectivity index (χ3v) is 8.27. The van der Waals surface area contributed by atoms with Gasteiger partial charge in [0, 0.05) is 58.0 Å². The van der Waals surface area contributed by atoms with E-state index in [-0.39, 0.29) is 17.5 Å². The molecule has 0 atom stereocenters. The number of rotatable bonds is 10. The first-order valence-electron chi connectivity index (χ1n) is 14.2. The zero-order valence-corrected chi connectivity index (χ0v) is 24.1. The molecule has 0 bridgehead atoms. The van der Waals surface area contributed by atoms with Gasteiger partial charge in [0.05, 0.1) is 47.3 Å². The van der Waals surface area contributed by atoms with Gasteiger partial charge in [-0.2, -0.15) is 20.0 Å². The highest BCUT2D eigenvalue weighted by Crippen LogP contribution is 2.37. The highest BCUT2D eigenvalue weighted by molar-refractivity contribution is 6.36. The van der Waals surface area contributed by atoms with Crippen molar-refractivity contribution in [2.24, 2.45) is 0 Å². The first-order valence-corrected chi connectivity index (χ1v) is 14.6. The number of nitrogens with one attached hydrogen (secondary N) is 2. The van der Waals surface area contributed by atoms with E-state index in [2.05, 4.69) is 47.6 Å². The summed E-state index contributed by atoms with van der Waals surface area (Å²) in [6, 6.07) is 8.49. The molecule has 0 radical (unpaired) electrons. The van der Waals surface area contributed by atoms with E-state index in [1.165, 1.54) is 10.7 Å². The minimum Gasteiger partial charge on any atom is -0.381 e. The van der Waals surface area contributed by atoms with E-state index in [1.54, 1.807) is 12.1 Å². The molecule has 1 aliphatic carbocycles. The summed E-state index contributed by atoms with van der Waals surface area (Å²) >= 11 is 6.93. The van der Waals surface area contributed by atoms with Crippen LogP contribution >= 0.6 is 11.6 Å². The van der Waals surface area contributed by atoms with Gasteiger partial charge in [0.25, 0.3) is 0 Å². The van der Waals surface area contributed by atoms with Gasteiger partial charge < -0.3 is 25.2 Å². The minimum absolute atomic E-state index is 0.147. The quantitative estimate of drug-likeness (QED) is 0.336. The molecule has 1 amide bonds. The van der Waals surface area contributed by atoms with Crippen LogP contribution in [0.5, 0.6) is 0 Å². The smallest absolute Gasteiger partial charge is 0.247 e. The van der Waals surface area contributed by atoms with Crippen LogP contribution in [0.1, 0.15) is 37.4 Å². The number of ether oxygens (including phenoxy) is 1. The summed E-state index contributed by atoms with van der Waals surface area (Å²) in [6.07, 6.45) is 3.98. The van der Waals surface area contributed by atoms with Crippen molar-refractivity contribution in [3.63, 3.8) is 0 Å². The predicted molar refractivity (Wildman–Crippen MR) is 157 cm³/mol. The molecule has 42 heavy (non-hydrogen) atoms. The molecule has 3 aromatic rings. The van der Waals surface area contributed by atoms with E-state index >= 15 is 0 Å². The number of benzene rings is 1. The number of imidazole rings is 1. The number of hydrogen-bond donors (Lipinski definition) is 2. The number of fused-ring (bicyclic) bond motifs is 1. The lowest BCUT2D eigenvalue weighted by Crippen LogP contribution is -2.64. The first kappa shape index (κ1) is 28.0. The average Bonchev–Trinajstić information content (AvgIpc) is 3.69. The molecule has 218 valence electrons. The highest BCUT2D eigenvalue weighted by Gasteiger charge is 2.36. The van der Waals surface area contributed by atoms with E-state index in [9.17, 15) is 15.3 Å². The Balaban J connectivity index is 1.15. The Hall–Kier alpha value is -4.17. The molecule has 2 N–H and O–H groups in total. The van der Waals surface area contributed by atoms with Gasteiger partial charge in [0.15, 0.2) is 17.2 Å². The number of nitrogens with zero attached hydrogens (tertiary/aromatic N) is 9. The summed E-state index contributed by atoms with van der Waals surface area (Å²) in [4.78, 5) is 27.8. The summed E-state index contributed by atoms with van der Waals surface area (Å²) in [5, 5.41) is 30.8. The van der Waals surface area contributed by atoms with E-state index in [0.29, 0.717) is 59.5 Å². The lowest BCUT2D eigenvalue weighted by molar-refractivity contribution is -0.139. The second kappa shape index (κ2) is 12.0. The maximum absolute atomic E-state index is 12.3. The number of aromatic nitrogens is 4. The number of likely N-dealkylation sites (tertiary alicyclic amines) is 1. The van der Waals surface area contributed by atoms with Crippen molar-refractivity contribution >= 4 is 46.3 Å². The van der Waals surface area contributed by atoms with Gasteiger partial charge in [-0.25, -0.2) is 4.98 Å². The standard InChI is InChI=1S/C28H32ClN11O2/c1-2-42-10-5-24(41)39-16-21(17-39)37-6-8-38(9-7-37)23-12-18(13-30)11-22(25(23)29)34-28-35-26(33-19-3-4-19)27-32-15-20(14-31)40(27)36-28/h11-12,15,19,21H,2-10,16-17H2,1H3,(H2,33,34,35,36). The number of anilines is 4. The molecular formula is C28H32ClN11O2. The fraction of sp³-hybridized carbons (Fsp3) is 0.500. The van der Waals surface area contributed by atoms with Gasteiger partial charge in [-0.1, -0.05) is 11.6 Å². The molecule has 6 rings (SSSR count). The third-order valence-electron chi connectivity index (χ3n) is 7.87. The Labute approximate surface area is 248 Å². The summed E-state index contributed by atoms with van der Waals surface area (Å²) in [5.41, 5.74) is 2.48. The zero-order chi connectivity index (χ0) is 29.2. The van der Waals surface area contributed by atoms with Crippen molar-refractivity contribution in [3.8, 4) is 12.1 Å². The van der Waals surface area contributed by atoms with E-state index in [1.807, 2.05) is 11.8 Å². The summed E-state index contributed by atoms with van der Waals surface area (Å²) in [6.45, 7) is 7.64. The highest BCUT2D eigenvalue weighted by atomic mass is 35.5. The van der Waals surface area contributed by atoms with Gasteiger partial charge in [-0.05, 0) is 31.9 Å². The zero-order valence-electron chi connectivity index (χ0n) is 23.4. The van der Waals surface area contributed by atoms with Crippen LogP contribution < -0.4 is 15.5 Å². The molecule has 2 saturated heterocycles. The van der Waals surface area contributed by atoms with Crippen molar-refractivity contribution in [1.82, 2.24) is 29.4 Å². The molecule has 4 heterocycles. The number of halogens is 1. The molecule has 1 aromatic carbocycles. The number of piperazine rings is 1. The largest absolute Gasteiger partial charge is 0.381 e. The topological polar surface area (TPSA) is 151 Å². The van der Waals surface area contributed by atoms with Gasteiger partial charge >= 0.3 is 0 Å². The summed E-state index contributed by atoms with van der Waals surface area (Å²) < 4.78 is 6.76. The van der Waals surface area contributed by atoms with Crippen LogP contribution in [-0.4, -0.2) is 99.9 Å². The number of nitriles is 2. The second-order valence-corrected chi connectivity index (χ2v) is 11.1. The van der Waals surface area contributed by atoms with Crippen LogP contribution in [0.2, 0.25) is 5.02 Å². The maximum Gasteiger partial charge on any atom is 0.247 e. The molecule has 0 unspecified atom stereocenters. The number of carbonyl (C=O) groups is 1. The van der Waals surface area contributed by atoms with Crippen LogP contribution in [0.25, 0.3) is 5.65 Å². The van der Waals surface area contributed by atoms with Crippen molar-refractivity contribution in [1.29, 1.82) is 10.5 Å². The molecule has 3 aliphatic rings. The summed E-state index contributed by atoms with van der Waals surface area (Å²) in [7, 11) is 0. The third kappa shape index (κ3) is 5.77. The van der Waals surface area contributed by atoms with E-state index < -0.39 is 0 Å². The Kier molecular flexibility index (Phi) is 7.98. The number of hydrogen-bond acceptors (Lipinski definition) is 11. The van der Waals surface area contributed by atoms with Crippen molar-refractivity contribution in [3.05, 3.63) is 34.6 Å². The number of amides is 1. The Morgan fingerprint density at radius 3 is 2.64 bits per heavy atom. The molecular weight excluding hydrogens is 558 g/mol. The van der Waals surface area contributed by atoms with Crippen molar-refractivity contribution < 1.29 is 9.53 Å². The summed E-state index contributed by atoms with van der Waals surface area (Å²) in [5.74, 6) is 0.915. The van der Waals surface area contributed by atoms with E-state index in [4.69, 9.17) is 16.3 Å². The molecule has 1 saturated carbocycles. The van der Waals surface area contributed by atoms with Crippen molar-refractivity contribution in [2.45, 2.75) is 38.3 Å². The lowest BCUT2D eigenvalue weighted by Gasteiger charge is -2.48. The normalized spacial score (nSPS) is 17.5. The molecule has 2 aliphatic heterocycles. The van der Waals surface area contributed by atoms with Crippen LogP contribution in [0.4, 0.5) is 23.1 Å². The van der Waals surface area contributed by atoms with Gasteiger partial charge in [0.2, 0.25) is 11.9 Å². The van der Waals surface area contributed by atoms with Gasteiger partial charge in [-0.15, -0.1) is 5.10 Å². The second-order valence-electron chi connectivity index (χ2n) is 10.7. The maximum atomic E-state index is 12.3. The SMILES string of the molecule is CCOCCC(=O)N1CC(N2CCN(c3cc(C#N)cc(Nc4nc(NC5CC5)c5ncc(C#N)n5n4)c3Cl)CC2)C1. The fourth-order valence-electron chi connectivity index (χ4n) is 5.32. The minimum atomic E-state index is 0.147. The number of carbonyl (C=O) groups excluding carboxylic acids is 1. The molecule has 14 heteroatoms. The average molecular weight is 590 g/mol. The van der Waals surface area contributed by atoms with Gasteiger partial charge in [-0.3, -0.25) is 9.69 Å². The van der Waals surface area contributed by atoms with Crippen LogP contribution in [-0.2, 0) is 9.53 Å². The van der Waals surface area contributed by atoms with Crippen molar-refractivity contribution in [2.75, 3.05) is 68.0 Å². The fourth-order valence-corrected chi connectivity index (χ4v) is 5.60. The predicted octanol–water partition coefficient (Wildman–Crippen LogP) is 2.60. The van der Waals surface area contributed by atoms with Gasteiger partial charge in [0.1, 0.15) is 6.07 Å². The Morgan fingerprint density at radius 2 is 1.95 bits per heavy atom. The molecule has 3 fully saturated rings. The van der Waals surface area contributed by atoms with Crippen LogP contribution in [0, 0.1) is 22.7 Å². The Bertz CT molecular complexity index is 1560. The lowest BCUT2D eigenvalue weighted by atomic mass is 10.0. The molecule has 13 nitrogen and oxygen atoms in total. The molecule has 2 aromatic heterocycles. The first-order chi connectivity index (χ1) is 20.5. The Morgan fingerprint density at radius 1 is 1.17 bits per heavy atom. The molecule has 0 spiro atoms. The van der Waals surface area contributed by atoms with Crippen LogP contribution in [0.15, 0.2) is 18.3 Å².